The molecule has 3 N–H and O–H groups in total. The van der Waals surface area contributed by atoms with Crippen LogP contribution in [0.25, 0.3) is 0 Å². The zero-order valence-corrected chi connectivity index (χ0v) is 17.6. The van der Waals surface area contributed by atoms with E-state index in [1.807, 2.05) is 6.07 Å². The number of allylic oxidation sites excluding steroid dienone is 1. The van der Waals surface area contributed by atoms with Gasteiger partial charge in [0.05, 0.1) is 15.6 Å². The molecule has 29 heavy (non-hydrogen) atoms. The molecule has 6 nitrogen and oxygen atoms in total. The lowest BCUT2D eigenvalue weighted by atomic mass is 10.0. The van der Waals surface area contributed by atoms with Crippen molar-refractivity contribution in [3.05, 3.63) is 63.4 Å². The lowest BCUT2D eigenvalue weighted by Crippen LogP contribution is -2.45. The predicted octanol–water partition coefficient (Wildman–Crippen LogP) is 4.46. The highest BCUT2D eigenvalue weighted by Crippen LogP contribution is 2.29. The monoisotopic (exact) mass is 435 g/mol. The van der Waals surface area contributed by atoms with E-state index in [-0.39, 0.29) is 28.2 Å². The number of rotatable bonds is 6. The van der Waals surface area contributed by atoms with E-state index in [2.05, 4.69) is 21.8 Å². The Bertz CT molecular complexity index is 947. The Morgan fingerprint density at radius 1 is 1.28 bits per heavy atom. The first kappa shape index (κ1) is 21.3. The van der Waals surface area contributed by atoms with E-state index in [9.17, 15) is 14.7 Å². The zero-order chi connectivity index (χ0) is 21.1. The average molecular weight is 436 g/mol. The number of benzene rings is 1. The van der Waals surface area contributed by atoms with Crippen LogP contribution in [0.15, 0.2) is 30.9 Å². The molecule has 0 bridgehead atoms. The van der Waals surface area contributed by atoms with Crippen LogP contribution in [0.1, 0.15) is 44.9 Å². The largest absolute Gasteiger partial charge is 0.478 e. The number of nitrogens with one attached hydrogen (secondary N) is 2. The van der Waals surface area contributed by atoms with Gasteiger partial charge in [0.2, 0.25) is 0 Å². The summed E-state index contributed by atoms with van der Waals surface area (Å²) in [5.74, 6) is -1.22. The molecule has 1 aromatic heterocycles. The van der Waals surface area contributed by atoms with Crippen molar-refractivity contribution in [1.82, 2.24) is 10.3 Å². The Hall–Kier alpha value is -2.44. The molecule has 8 heteroatoms. The number of aromatic nitrogens is 1. The molecule has 154 valence electrons. The predicted molar refractivity (Wildman–Crippen MR) is 116 cm³/mol. The van der Waals surface area contributed by atoms with Crippen LogP contribution in [0, 0.1) is 6.92 Å². The maximum absolute atomic E-state index is 12.5. The number of aromatic amines is 1. The highest BCUT2D eigenvalue weighted by atomic mass is 35.5. The van der Waals surface area contributed by atoms with Crippen LogP contribution >= 0.6 is 23.2 Å². The van der Waals surface area contributed by atoms with Gasteiger partial charge in [0.15, 0.2) is 0 Å². The summed E-state index contributed by atoms with van der Waals surface area (Å²) in [4.78, 5) is 29.0. The summed E-state index contributed by atoms with van der Waals surface area (Å²) in [6.45, 7) is 6.90. The van der Waals surface area contributed by atoms with Gasteiger partial charge in [-0.3, -0.25) is 4.79 Å². The minimum atomic E-state index is -0.948. The molecule has 2 aromatic rings. The quantitative estimate of drug-likeness (QED) is 0.584. The van der Waals surface area contributed by atoms with Crippen molar-refractivity contribution >= 4 is 40.8 Å². The summed E-state index contributed by atoms with van der Waals surface area (Å²) in [6.07, 6.45) is 3.85. The van der Waals surface area contributed by atoms with Gasteiger partial charge in [-0.1, -0.05) is 29.3 Å². The fraction of sp³-hybridized carbons (Fsp3) is 0.333. The van der Waals surface area contributed by atoms with E-state index in [4.69, 9.17) is 23.2 Å². The molecule has 1 fully saturated rings. The zero-order valence-electron chi connectivity index (χ0n) is 16.1. The van der Waals surface area contributed by atoms with Gasteiger partial charge in [-0.05, 0) is 49.9 Å². The fourth-order valence-corrected chi connectivity index (χ4v) is 3.95. The van der Waals surface area contributed by atoms with Crippen LogP contribution in [0.3, 0.4) is 0 Å². The van der Waals surface area contributed by atoms with Gasteiger partial charge in [-0.2, -0.15) is 0 Å². The third kappa shape index (κ3) is 4.77. The molecule has 3 rings (SSSR count). The molecule has 1 aliphatic rings. The summed E-state index contributed by atoms with van der Waals surface area (Å²) in [5, 5.41) is 13.0. The van der Waals surface area contributed by atoms with E-state index in [1.165, 1.54) is 0 Å². The van der Waals surface area contributed by atoms with Gasteiger partial charge in [0.1, 0.15) is 5.69 Å². The number of anilines is 1. The van der Waals surface area contributed by atoms with E-state index >= 15 is 0 Å². The molecule has 0 aliphatic carbocycles. The minimum Gasteiger partial charge on any atom is -0.478 e. The molecule has 0 unspecified atom stereocenters. The van der Waals surface area contributed by atoms with Crippen LogP contribution < -0.4 is 10.2 Å². The van der Waals surface area contributed by atoms with Gasteiger partial charge >= 0.3 is 5.97 Å². The number of carboxylic acid groups (broad SMARTS) is 1. The Labute approximate surface area is 179 Å². The van der Waals surface area contributed by atoms with Crippen molar-refractivity contribution in [2.75, 3.05) is 18.0 Å². The molecule has 1 aromatic carbocycles. The fourth-order valence-electron chi connectivity index (χ4n) is 3.53. The number of H-pyrrole nitrogens is 1. The van der Waals surface area contributed by atoms with Crippen molar-refractivity contribution in [3.8, 4) is 0 Å². The SMILES string of the molecule is C=CCc1cc(C(=O)O)cc(N2CCC(NC(=O)c3[nH]c(C)c(Cl)c3Cl)CC2)c1. The number of nitrogens with zero attached hydrogens (tertiary/aromatic N) is 1. The van der Waals surface area contributed by atoms with Crippen LogP contribution in [0.4, 0.5) is 5.69 Å². The third-order valence-corrected chi connectivity index (χ3v) is 6.03. The normalized spacial score (nSPS) is 14.7. The number of hydrogen-bond donors (Lipinski definition) is 3. The second-order valence-corrected chi connectivity index (χ2v) is 7.93. The molecule has 0 radical (unpaired) electrons. The smallest absolute Gasteiger partial charge is 0.335 e. The molecular formula is C21H23Cl2N3O3. The first-order chi connectivity index (χ1) is 13.8. The highest BCUT2D eigenvalue weighted by molar-refractivity contribution is 6.44. The highest BCUT2D eigenvalue weighted by Gasteiger charge is 2.25. The Kier molecular flexibility index (Phi) is 6.55. The molecule has 1 aliphatic heterocycles. The van der Waals surface area contributed by atoms with Crippen LogP contribution in [0.5, 0.6) is 0 Å². The number of hydrogen-bond acceptors (Lipinski definition) is 3. The maximum Gasteiger partial charge on any atom is 0.335 e. The summed E-state index contributed by atoms with van der Waals surface area (Å²) < 4.78 is 0. The van der Waals surface area contributed by atoms with Crippen molar-refractivity contribution in [3.63, 3.8) is 0 Å². The Morgan fingerprint density at radius 2 is 1.97 bits per heavy atom. The van der Waals surface area contributed by atoms with Crippen molar-refractivity contribution in [2.45, 2.75) is 32.2 Å². The molecular weight excluding hydrogens is 413 g/mol. The average Bonchev–Trinajstić information content (AvgIpc) is 2.96. The van der Waals surface area contributed by atoms with Gasteiger partial charge in [-0.15, -0.1) is 6.58 Å². The van der Waals surface area contributed by atoms with Gasteiger partial charge < -0.3 is 20.3 Å². The number of piperidine rings is 1. The van der Waals surface area contributed by atoms with Crippen LogP contribution in [0.2, 0.25) is 10.0 Å². The summed E-state index contributed by atoms with van der Waals surface area (Å²) in [6, 6.07) is 5.37. The molecule has 0 spiro atoms. The second kappa shape index (κ2) is 8.93. The molecule has 1 saturated heterocycles. The van der Waals surface area contributed by atoms with Crippen LogP contribution in [-0.4, -0.2) is 41.1 Å². The molecule has 1 amide bonds. The molecule has 2 heterocycles. The molecule has 0 saturated carbocycles. The van der Waals surface area contributed by atoms with Crippen molar-refractivity contribution in [2.24, 2.45) is 0 Å². The van der Waals surface area contributed by atoms with Gasteiger partial charge in [-0.25, -0.2) is 4.79 Å². The van der Waals surface area contributed by atoms with E-state index in [0.29, 0.717) is 30.2 Å². The number of halogens is 2. The van der Waals surface area contributed by atoms with E-state index in [1.54, 1.807) is 25.1 Å². The third-order valence-electron chi connectivity index (χ3n) is 5.08. The number of carboxylic acids is 1. The lowest BCUT2D eigenvalue weighted by molar-refractivity contribution is 0.0696. The standard InChI is InChI=1S/C21H23Cl2N3O3/c1-3-4-13-9-14(21(28)29)11-16(10-13)26-7-5-15(6-8-26)25-20(27)19-18(23)17(22)12(2)24-19/h3,9-11,15,24H,1,4-8H2,2H3,(H,25,27)(H,28,29). The Morgan fingerprint density at radius 3 is 2.52 bits per heavy atom. The minimum absolute atomic E-state index is 0.00694. The number of aryl methyl sites for hydroxylation is 1. The number of carbonyl (C=O) groups excluding carboxylic acids is 1. The Balaban J connectivity index is 1.66. The first-order valence-corrected chi connectivity index (χ1v) is 10.1. The lowest BCUT2D eigenvalue weighted by Gasteiger charge is -2.34. The van der Waals surface area contributed by atoms with Gasteiger partial charge in [0.25, 0.3) is 5.91 Å². The summed E-state index contributed by atoms with van der Waals surface area (Å²) in [7, 11) is 0. The number of carbonyl (C=O) groups is 2. The first-order valence-electron chi connectivity index (χ1n) is 9.37. The van der Waals surface area contributed by atoms with Crippen molar-refractivity contribution < 1.29 is 14.7 Å². The molecule has 0 atom stereocenters. The number of amides is 1. The van der Waals surface area contributed by atoms with Crippen molar-refractivity contribution in [1.29, 1.82) is 0 Å². The second-order valence-electron chi connectivity index (χ2n) is 7.17. The van der Waals surface area contributed by atoms with E-state index < -0.39 is 5.97 Å². The van der Waals surface area contributed by atoms with Gasteiger partial charge in [0, 0.05) is 30.5 Å². The van der Waals surface area contributed by atoms with Crippen LogP contribution in [-0.2, 0) is 6.42 Å². The summed E-state index contributed by atoms with van der Waals surface area (Å²) in [5.41, 5.74) is 2.99. The number of aromatic carboxylic acids is 1. The topological polar surface area (TPSA) is 85.4 Å². The summed E-state index contributed by atoms with van der Waals surface area (Å²) >= 11 is 12.2. The maximum atomic E-state index is 12.5. The van der Waals surface area contributed by atoms with E-state index in [0.717, 1.165) is 24.1 Å².